The Hall–Kier alpha value is -0.750. The maximum absolute atomic E-state index is 11.1. The van der Waals surface area contributed by atoms with E-state index in [2.05, 4.69) is 11.1 Å². The van der Waals surface area contributed by atoms with Crippen molar-refractivity contribution in [2.45, 2.75) is 25.4 Å². The Morgan fingerprint density at radius 1 is 1.57 bits per heavy atom. The average molecular weight is 220 g/mol. The first-order chi connectivity index (χ1) is 6.49. The maximum Gasteiger partial charge on any atom is 0.278 e. The molecule has 0 unspecified atom stereocenters. The molecule has 2 atom stereocenters. The van der Waals surface area contributed by atoms with Crippen LogP contribution in [0.1, 0.15) is 13.3 Å². The summed E-state index contributed by atoms with van der Waals surface area (Å²) >= 11 is 1.52. The summed E-state index contributed by atoms with van der Waals surface area (Å²) in [7, 11) is 0. The van der Waals surface area contributed by atoms with Crippen LogP contribution in [0.5, 0.6) is 0 Å². The highest BCUT2D eigenvalue weighted by Crippen LogP contribution is 2.00. The lowest BCUT2D eigenvalue weighted by atomic mass is 10.2. The third kappa shape index (κ3) is 5.08. The zero-order valence-corrected chi connectivity index (χ0v) is 9.23. The van der Waals surface area contributed by atoms with Gasteiger partial charge in [-0.2, -0.15) is 11.8 Å². The van der Waals surface area contributed by atoms with Gasteiger partial charge in [-0.1, -0.05) is 0 Å². The van der Waals surface area contributed by atoms with Crippen molar-refractivity contribution in [3.05, 3.63) is 0 Å². The van der Waals surface area contributed by atoms with E-state index in [4.69, 9.17) is 0 Å². The molecule has 0 radical (unpaired) electrons. The topological polar surface area (TPSA) is 96.9 Å². The van der Waals surface area contributed by atoms with Crippen molar-refractivity contribution in [3.63, 3.8) is 0 Å². The average Bonchev–Trinajstić information content (AvgIpc) is 2.10. The van der Waals surface area contributed by atoms with Gasteiger partial charge >= 0.3 is 0 Å². The van der Waals surface area contributed by atoms with Gasteiger partial charge < -0.3 is 21.0 Å². The van der Waals surface area contributed by atoms with Crippen molar-refractivity contribution in [2.24, 2.45) is 0 Å². The van der Waals surface area contributed by atoms with Gasteiger partial charge in [0.15, 0.2) is 6.04 Å². The van der Waals surface area contributed by atoms with E-state index in [9.17, 15) is 14.7 Å². The van der Waals surface area contributed by atoms with Crippen LogP contribution in [0.3, 0.4) is 0 Å². The van der Waals surface area contributed by atoms with Crippen molar-refractivity contribution in [1.29, 1.82) is 0 Å². The fraction of sp³-hybridized carbons (Fsp3) is 0.750. The number of carboxylic acid groups (broad SMARTS) is 1. The predicted octanol–water partition coefficient (Wildman–Crippen LogP) is -2.40. The second-order valence-electron chi connectivity index (χ2n) is 3.06. The lowest BCUT2D eigenvalue weighted by Crippen LogP contribution is -2.67. The van der Waals surface area contributed by atoms with Gasteiger partial charge in [-0.3, -0.25) is 4.79 Å². The Kier molecular flexibility index (Phi) is 6.31. The molecule has 0 aromatic heterocycles. The van der Waals surface area contributed by atoms with Gasteiger partial charge in [-0.15, -0.1) is 0 Å². The molecule has 0 aliphatic carbocycles. The van der Waals surface area contributed by atoms with E-state index in [0.717, 1.165) is 0 Å². The minimum absolute atomic E-state index is 0.361. The van der Waals surface area contributed by atoms with E-state index >= 15 is 0 Å². The van der Waals surface area contributed by atoms with Crippen LogP contribution in [-0.2, 0) is 9.59 Å². The first kappa shape index (κ1) is 13.2. The smallest absolute Gasteiger partial charge is 0.278 e. The van der Waals surface area contributed by atoms with Gasteiger partial charge in [0.2, 0.25) is 0 Å². The number of amides is 1. The van der Waals surface area contributed by atoms with Crippen LogP contribution >= 0.6 is 11.8 Å². The van der Waals surface area contributed by atoms with E-state index < -0.39 is 18.1 Å². The van der Waals surface area contributed by atoms with Crippen molar-refractivity contribution >= 4 is 23.6 Å². The van der Waals surface area contributed by atoms with Crippen LogP contribution in [-0.4, -0.2) is 36.0 Å². The molecule has 0 saturated carbocycles. The lowest BCUT2D eigenvalue weighted by Gasteiger charge is -2.19. The quantitative estimate of drug-likeness (QED) is 0.521. The van der Waals surface area contributed by atoms with Gasteiger partial charge in [0.05, 0.1) is 12.0 Å². The third-order valence-corrected chi connectivity index (χ3v) is 2.30. The van der Waals surface area contributed by atoms with Crippen molar-refractivity contribution in [1.82, 2.24) is 5.32 Å². The van der Waals surface area contributed by atoms with E-state index in [1.54, 1.807) is 6.92 Å². The number of quaternary nitrogens is 1. The summed E-state index contributed by atoms with van der Waals surface area (Å²) in [5, 5.41) is 13.0. The molecule has 0 spiro atoms. The summed E-state index contributed by atoms with van der Waals surface area (Å²) in [4.78, 5) is 21.8. The minimum atomic E-state index is -1.24. The summed E-state index contributed by atoms with van der Waals surface area (Å²) < 4.78 is 0. The second kappa shape index (κ2) is 6.67. The molecule has 1 amide bonds. The van der Waals surface area contributed by atoms with E-state index in [0.29, 0.717) is 12.2 Å². The van der Waals surface area contributed by atoms with E-state index in [-0.39, 0.29) is 5.91 Å². The number of carbonyl (C=O) groups is 2. The fourth-order valence-electron chi connectivity index (χ4n) is 0.799. The van der Waals surface area contributed by atoms with Gasteiger partial charge in [0, 0.05) is 0 Å². The van der Waals surface area contributed by atoms with Gasteiger partial charge in [0.1, 0.15) is 0 Å². The summed E-state index contributed by atoms with van der Waals surface area (Å²) in [6, 6.07) is -1.36. The molecular weight excluding hydrogens is 204 g/mol. The summed E-state index contributed by atoms with van der Waals surface area (Å²) in [5.74, 6) is -0.932. The molecule has 0 aliphatic heterocycles. The highest BCUT2D eigenvalue weighted by Gasteiger charge is 2.17. The Morgan fingerprint density at radius 3 is 2.50 bits per heavy atom. The molecule has 0 fully saturated rings. The highest BCUT2D eigenvalue weighted by atomic mass is 32.2. The van der Waals surface area contributed by atoms with Crippen molar-refractivity contribution in [3.8, 4) is 0 Å². The lowest BCUT2D eigenvalue weighted by molar-refractivity contribution is -0.398. The fourth-order valence-corrected chi connectivity index (χ4v) is 1.27. The highest BCUT2D eigenvalue weighted by molar-refractivity contribution is 7.98. The molecule has 6 heteroatoms. The molecule has 5 nitrogen and oxygen atoms in total. The Bertz CT molecular complexity index is 209. The summed E-state index contributed by atoms with van der Waals surface area (Å²) in [5.41, 5.74) is 3.50. The molecule has 0 aromatic rings. The van der Waals surface area contributed by atoms with Crippen LogP contribution in [0.25, 0.3) is 0 Å². The molecule has 0 aliphatic rings. The number of carbonyl (C=O) groups excluding carboxylic acids is 2. The van der Waals surface area contributed by atoms with E-state index in [1.807, 2.05) is 6.26 Å². The Morgan fingerprint density at radius 2 is 2.14 bits per heavy atom. The number of thioether (sulfide) groups is 1. The number of hydrogen-bond donors (Lipinski definition) is 2. The van der Waals surface area contributed by atoms with Crippen molar-refractivity contribution < 1.29 is 20.4 Å². The molecule has 4 N–H and O–H groups in total. The standard InChI is InChI=1S/C8H16N2O3S/c1-5(9)7(11)10-6(8(12)13)3-4-14-2/h5-6H,3-4,9H2,1-2H3,(H,10,11)(H,12,13)/t5-,6+/m1/s1. The van der Waals surface area contributed by atoms with Gasteiger partial charge in [-0.25, -0.2) is 0 Å². The van der Waals surface area contributed by atoms with Crippen LogP contribution in [0.4, 0.5) is 0 Å². The number of hydrogen-bond acceptors (Lipinski definition) is 4. The zero-order valence-electron chi connectivity index (χ0n) is 8.41. The first-order valence-corrected chi connectivity index (χ1v) is 5.71. The van der Waals surface area contributed by atoms with Crippen molar-refractivity contribution in [2.75, 3.05) is 12.0 Å². The van der Waals surface area contributed by atoms with E-state index in [1.165, 1.54) is 11.8 Å². The molecule has 82 valence electrons. The maximum atomic E-state index is 11.1. The third-order valence-electron chi connectivity index (χ3n) is 1.66. The van der Waals surface area contributed by atoms with Crippen LogP contribution in [0.2, 0.25) is 0 Å². The SMILES string of the molecule is CSCC[C@H](NC(=O)[C@@H](C)[NH3+])C(=O)[O-]. The first-order valence-electron chi connectivity index (χ1n) is 4.32. The normalized spacial score (nSPS) is 14.5. The van der Waals surface area contributed by atoms with Gasteiger partial charge in [-0.05, 0) is 25.4 Å². The predicted molar refractivity (Wildman–Crippen MR) is 52.3 cm³/mol. The molecule has 0 bridgehead atoms. The van der Waals surface area contributed by atoms with Crippen LogP contribution < -0.4 is 16.2 Å². The molecular formula is C8H16N2O3S. The number of carboxylic acids is 1. The zero-order chi connectivity index (χ0) is 11.1. The monoisotopic (exact) mass is 220 g/mol. The number of aliphatic carboxylic acids is 1. The molecule has 0 rings (SSSR count). The summed E-state index contributed by atoms with van der Waals surface area (Å²) in [6.07, 6.45) is 2.25. The molecule has 14 heavy (non-hydrogen) atoms. The number of rotatable bonds is 6. The van der Waals surface area contributed by atoms with Crippen LogP contribution in [0.15, 0.2) is 0 Å². The Labute approximate surface area is 87.4 Å². The molecule has 0 heterocycles. The minimum Gasteiger partial charge on any atom is -0.548 e. The molecule has 0 aromatic carbocycles. The Balaban J connectivity index is 4.09. The number of nitrogens with one attached hydrogen (secondary N) is 1. The summed E-state index contributed by atoms with van der Waals surface area (Å²) in [6.45, 7) is 1.61. The second-order valence-corrected chi connectivity index (χ2v) is 4.05. The largest absolute Gasteiger partial charge is 0.548 e. The molecule has 0 saturated heterocycles. The van der Waals surface area contributed by atoms with Crippen LogP contribution in [0, 0.1) is 0 Å². The van der Waals surface area contributed by atoms with Gasteiger partial charge in [0.25, 0.3) is 5.91 Å².